The number of nitrogens with one attached hydrogen (secondary N) is 1. The number of nitriles is 1. The molecular weight excluding hydrogens is 316 g/mol. The number of hydrogen-bond donors (Lipinski definition) is 1. The molecule has 23 heavy (non-hydrogen) atoms. The van der Waals surface area contributed by atoms with Gasteiger partial charge >= 0.3 is 5.97 Å². The van der Waals surface area contributed by atoms with E-state index in [-0.39, 0.29) is 5.56 Å². The second-order valence-corrected chi connectivity index (χ2v) is 5.10. The lowest BCUT2D eigenvalue weighted by molar-refractivity contribution is -0.119. The minimum Gasteiger partial charge on any atom is -0.452 e. The molecule has 0 saturated carbocycles. The molecule has 1 amide bonds. The van der Waals surface area contributed by atoms with E-state index in [0.29, 0.717) is 17.1 Å². The molecule has 2 aromatic carbocycles. The summed E-state index contributed by atoms with van der Waals surface area (Å²) >= 11 is 5.79. The molecule has 5 nitrogen and oxygen atoms in total. The summed E-state index contributed by atoms with van der Waals surface area (Å²) in [6, 6.07) is 15.2. The van der Waals surface area contributed by atoms with Crippen molar-refractivity contribution in [3.8, 4) is 6.07 Å². The summed E-state index contributed by atoms with van der Waals surface area (Å²) in [4.78, 5) is 23.5. The first kappa shape index (κ1) is 16.5. The summed E-state index contributed by atoms with van der Waals surface area (Å²) in [5.41, 5.74) is 1.71. The Labute approximate surface area is 138 Å². The van der Waals surface area contributed by atoms with Crippen molar-refractivity contribution in [2.45, 2.75) is 6.42 Å². The van der Waals surface area contributed by atoms with Crippen molar-refractivity contribution in [1.82, 2.24) is 0 Å². The Morgan fingerprint density at radius 3 is 2.57 bits per heavy atom. The minimum atomic E-state index is -0.619. The van der Waals surface area contributed by atoms with Gasteiger partial charge in [-0.2, -0.15) is 5.26 Å². The number of amides is 1. The van der Waals surface area contributed by atoms with Gasteiger partial charge in [-0.3, -0.25) is 4.79 Å². The molecule has 1 N–H and O–H groups in total. The van der Waals surface area contributed by atoms with E-state index in [1.807, 2.05) is 6.07 Å². The van der Waals surface area contributed by atoms with Crippen LogP contribution in [0.3, 0.4) is 0 Å². The fourth-order valence-electron chi connectivity index (χ4n) is 1.82. The summed E-state index contributed by atoms with van der Waals surface area (Å²) in [6.07, 6.45) is 0.311. The van der Waals surface area contributed by atoms with Gasteiger partial charge in [0.2, 0.25) is 0 Å². The molecular formula is C17H13ClN2O3. The van der Waals surface area contributed by atoms with Gasteiger partial charge < -0.3 is 10.1 Å². The fraction of sp³-hybridized carbons (Fsp3) is 0.118. The zero-order valence-corrected chi connectivity index (χ0v) is 12.8. The Morgan fingerprint density at radius 1 is 1.17 bits per heavy atom. The summed E-state index contributed by atoms with van der Waals surface area (Å²) in [5, 5.41) is 11.6. The molecule has 0 radical (unpaired) electrons. The van der Waals surface area contributed by atoms with Gasteiger partial charge in [0.05, 0.1) is 18.1 Å². The van der Waals surface area contributed by atoms with Gasteiger partial charge in [-0.05, 0) is 35.9 Å². The third-order valence-electron chi connectivity index (χ3n) is 2.92. The van der Waals surface area contributed by atoms with E-state index in [1.165, 1.54) is 6.07 Å². The van der Waals surface area contributed by atoms with Crippen LogP contribution in [0.25, 0.3) is 0 Å². The van der Waals surface area contributed by atoms with Crippen LogP contribution in [0.2, 0.25) is 5.02 Å². The molecule has 0 aliphatic carbocycles. The molecule has 0 atom stereocenters. The SMILES string of the molecule is N#CCc1ccc(NC(=O)COC(=O)c2cccc(Cl)c2)cc1. The molecule has 0 fully saturated rings. The number of esters is 1. The third kappa shape index (κ3) is 5.13. The lowest BCUT2D eigenvalue weighted by Gasteiger charge is -2.07. The number of nitrogens with zero attached hydrogens (tertiary/aromatic N) is 1. The highest BCUT2D eigenvalue weighted by Gasteiger charge is 2.10. The molecule has 0 bridgehead atoms. The highest BCUT2D eigenvalue weighted by atomic mass is 35.5. The van der Waals surface area contributed by atoms with Gasteiger partial charge in [0.15, 0.2) is 6.61 Å². The number of anilines is 1. The quantitative estimate of drug-likeness (QED) is 0.855. The largest absolute Gasteiger partial charge is 0.452 e. The van der Waals surface area contributed by atoms with Gasteiger partial charge in [0.25, 0.3) is 5.91 Å². The van der Waals surface area contributed by atoms with Gasteiger partial charge in [-0.1, -0.05) is 29.8 Å². The average Bonchev–Trinajstić information content (AvgIpc) is 2.55. The molecule has 0 saturated heterocycles. The van der Waals surface area contributed by atoms with E-state index in [1.54, 1.807) is 42.5 Å². The minimum absolute atomic E-state index is 0.283. The number of benzene rings is 2. The Balaban J connectivity index is 1.85. The summed E-state index contributed by atoms with van der Waals surface area (Å²) in [6.45, 7) is -0.398. The zero-order chi connectivity index (χ0) is 16.7. The van der Waals surface area contributed by atoms with Crippen LogP contribution in [0.4, 0.5) is 5.69 Å². The molecule has 6 heteroatoms. The van der Waals surface area contributed by atoms with Crippen LogP contribution >= 0.6 is 11.6 Å². The van der Waals surface area contributed by atoms with Gasteiger partial charge in [-0.25, -0.2) is 4.79 Å². The number of carbonyl (C=O) groups excluding carboxylic acids is 2. The van der Waals surface area contributed by atoms with Crippen LogP contribution in [0.15, 0.2) is 48.5 Å². The Bertz CT molecular complexity index is 751. The third-order valence-corrected chi connectivity index (χ3v) is 3.15. The molecule has 0 aliphatic heterocycles. The normalized spacial score (nSPS) is 9.74. The Kier molecular flexibility index (Phi) is 5.73. The van der Waals surface area contributed by atoms with Crippen molar-refractivity contribution < 1.29 is 14.3 Å². The van der Waals surface area contributed by atoms with Crippen LogP contribution in [0, 0.1) is 11.3 Å². The highest BCUT2D eigenvalue weighted by molar-refractivity contribution is 6.30. The second kappa shape index (κ2) is 7.97. The van der Waals surface area contributed by atoms with Crippen molar-refractivity contribution in [1.29, 1.82) is 5.26 Å². The molecule has 116 valence electrons. The van der Waals surface area contributed by atoms with Crippen LogP contribution in [0.1, 0.15) is 15.9 Å². The first-order chi connectivity index (χ1) is 11.1. The average molecular weight is 329 g/mol. The number of rotatable bonds is 5. The summed E-state index contributed by atoms with van der Waals surface area (Å²) < 4.78 is 4.93. The van der Waals surface area contributed by atoms with E-state index < -0.39 is 18.5 Å². The number of ether oxygens (including phenoxy) is 1. The monoisotopic (exact) mass is 328 g/mol. The molecule has 0 aromatic heterocycles. The van der Waals surface area contributed by atoms with Crippen LogP contribution in [-0.2, 0) is 16.0 Å². The lowest BCUT2D eigenvalue weighted by Crippen LogP contribution is -2.20. The predicted octanol–water partition coefficient (Wildman–Crippen LogP) is 3.20. The van der Waals surface area contributed by atoms with Crippen LogP contribution in [-0.4, -0.2) is 18.5 Å². The van der Waals surface area contributed by atoms with E-state index >= 15 is 0 Å². The van der Waals surface area contributed by atoms with Crippen molar-refractivity contribution in [3.05, 3.63) is 64.7 Å². The van der Waals surface area contributed by atoms with Crippen molar-refractivity contribution in [2.75, 3.05) is 11.9 Å². The molecule has 2 rings (SSSR count). The van der Waals surface area contributed by atoms with Crippen molar-refractivity contribution >= 4 is 29.2 Å². The number of hydrogen-bond acceptors (Lipinski definition) is 4. The molecule has 2 aromatic rings. The second-order valence-electron chi connectivity index (χ2n) is 4.67. The Hall–Kier alpha value is -2.84. The molecule has 0 aliphatic rings. The maximum Gasteiger partial charge on any atom is 0.338 e. The maximum absolute atomic E-state index is 11.8. The van der Waals surface area contributed by atoms with Crippen LogP contribution in [0.5, 0.6) is 0 Å². The van der Waals surface area contributed by atoms with Crippen molar-refractivity contribution in [2.24, 2.45) is 0 Å². The summed E-state index contributed by atoms with van der Waals surface area (Å²) in [7, 11) is 0. The first-order valence-electron chi connectivity index (χ1n) is 6.77. The molecule has 0 spiro atoms. The zero-order valence-electron chi connectivity index (χ0n) is 12.1. The number of halogens is 1. The van der Waals surface area contributed by atoms with Gasteiger partial charge in [0, 0.05) is 10.7 Å². The maximum atomic E-state index is 11.8. The van der Waals surface area contributed by atoms with Crippen LogP contribution < -0.4 is 5.32 Å². The Morgan fingerprint density at radius 2 is 1.91 bits per heavy atom. The topological polar surface area (TPSA) is 79.2 Å². The molecule has 0 heterocycles. The van der Waals surface area contributed by atoms with Crippen molar-refractivity contribution in [3.63, 3.8) is 0 Å². The predicted molar refractivity (Wildman–Crippen MR) is 86.1 cm³/mol. The fourth-order valence-corrected chi connectivity index (χ4v) is 2.01. The van der Waals surface area contributed by atoms with E-state index in [2.05, 4.69) is 5.32 Å². The van der Waals surface area contributed by atoms with E-state index in [4.69, 9.17) is 21.6 Å². The van der Waals surface area contributed by atoms with Gasteiger partial charge in [0.1, 0.15) is 0 Å². The standard InChI is InChI=1S/C17H13ClN2O3/c18-14-3-1-2-13(10-14)17(22)23-11-16(21)20-15-6-4-12(5-7-15)8-9-19/h1-7,10H,8,11H2,(H,20,21). The van der Waals surface area contributed by atoms with E-state index in [0.717, 1.165) is 5.56 Å². The lowest BCUT2D eigenvalue weighted by atomic mass is 10.1. The highest BCUT2D eigenvalue weighted by Crippen LogP contribution is 2.12. The summed E-state index contributed by atoms with van der Waals surface area (Å²) in [5.74, 6) is -1.07. The first-order valence-corrected chi connectivity index (χ1v) is 7.14. The number of carbonyl (C=O) groups is 2. The smallest absolute Gasteiger partial charge is 0.338 e. The van der Waals surface area contributed by atoms with E-state index in [9.17, 15) is 9.59 Å². The van der Waals surface area contributed by atoms with Gasteiger partial charge in [-0.15, -0.1) is 0 Å². The molecule has 0 unspecified atom stereocenters.